The highest BCUT2D eigenvalue weighted by Crippen LogP contribution is 2.23. The SMILES string of the molecule is CS(=O)(=O)NCCC1CCCN1c1ncccn1. The summed E-state index contributed by atoms with van der Waals surface area (Å²) in [5, 5.41) is 0. The Morgan fingerprint density at radius 2 is 2.17 bits per heavy atom. The van der Waals surface area contributed by atoms with E-state index in [1.807, 2.05) is 0 Å². The fraction of sp³-hybridized carbons (Fsp3) is 0.636. The smallest absolute Gasteiger partial charge is 0.225 e. The second-order valence-corrected chi connectivity index (χ2v) is 6.33. The fourth-order valence-electron chi connectivity index (χ4n) is 2.25. The summed E-state index contributed by atoms with van der Waals surface area (Å²) >= 11 is 0. The van der Waals surface area contributed by atoms with Crippen molar-refractivity contribution in [3.63, 3.8) is 0 Å². The molecule has 1 N–H and O–H groups in total. The molecule has 2 rings (SSSR count). The molecule has 2 heterocycles. The summed E-state index contributed by atoms with van der Waals surface area (Å²) in [5.74, 6) is 0.736. The quantitative estimate of drug-likeness (QED) is 0.837. The zero-order valence-electron chi connectivity index (χ0n) is 10.4. The predicted molar refractivity (Wildman–Crippen MR) is 69.9 cm³/mol. The first-order valence-corrected chi connectivity index (χ1v) is 7.94. The number of hydrogen-bond acceptors (Lipinski definition) is 5. The average molecular weight is 270 g/mol. The number of aromatic nitrogens is 2. The molecule has 0 aliphatic carbocycles. The van der Waals surface area contributed by atoms with E-state index in [0.717, 1.165) is 31.8 Å². The van der Waals surface area contributed by atoms with Crippen molar-refractivity contribution >= 4 is 16.0 Å². The van der Waals surface area contributed by atoms with Crippen molar-refractivity contribution in [3.8, 4) is 0 Å². The van der Waals surface area contributed by atoms with Gasteiger partial charge in [-0.25, -0.2) is 23.1 Å². The molecule has 0 aromatic carbocycles. The normalized spacial score (nSPS) is 20.3. The van der Waals surface area contributed by atoms with Crippen molar-refractivity contribution in [1.29, 1.82) is 0 Å². The number of nitrogens with zero attached hydrogens (tertiary/aromatic N) is 3. The molecular weight excluding hydrogens is 252 g/mol. The Hall–Kier alpha value is -1.21. The Morgan fingerprint density at radius 3 is 2.83 bits per heavy atom. The molecule has 0 saturated carbocycles. The molecule has 18 heavy (non-hydrogen) atoms. The lowest BCUT2D eigenvalue weighted by atomic mass is 10.1. The molecule has 0 radical (unpaired) electrons. The molecule has 0 bridgehead atoms. The van der Waals surface area contributed by atoms with E-state index >= 15 is 0 Å². The molecule has 100 valence electrons. The van der Waals surface area contributed by atoms with Crippen molar-refractivity contribution in [2.45, 2.75) is 25.3 Å². The maximum atomic E-state index is 11.0. The first-order valence-electron chi connectivity index (χ1n) is 6.04. The van der Waals surface area contributed by atoms with Crippen LogP contribution in [-0.2, 0) is 10.0 Å². The summed E-state index contributed by atoms with van der Waals surface area (Å²) in [6, 6.07) is 2.11. The van der Waals surface area contributed by atoms with Gasteiger partial charge in [0.25, 0.3) is 0 Å². The maximum Gasteiger partial charge on any atom is 0.225 e. The lowest BCUT2D eigenvalue weighted by Crippen LogP contribution is -2.34. The maximum absolute atomic E-state index is 11.0. The molecular formula is C11H18N4O2S. The third-order valence-corrected chi connectivity index (χ3v) is 3.76. The van der Waals surface area contributed by atoms with Gasteiger partial charge in [0.2, 0.25) is 16.0 Å². The van der Waals surface area contributed by atoms with Crippen molar-refractivity contribution < 1.29 is 8.42 Å². The van der Waals surface area contributed by atoms with E-state index in [1.54, 1.807) is 18.5 Å². The second kappa shape index (κ2) is 5.62. The third-order valence-electron chi connectivity index (χ3n) is 3.03. The highest BCUT2D eigenvalue weighted by molar-refractivity contribution is 7.88. The molecule has 0 amide bonds. The summed E-state index contributed by atoms with van der Waals surface area (Å²) in [5.41, 5.74) is 0. The van der Waals surface area contributed by atoms with E-state index in [4.69, 9.17) is 0 Å². The molecule has 0 spiro atoms. The van der Waals surface area contributed by atoms with Crippen LogP contribution in [0.4, 0.5) is 5.95 Å². The van der Waals surface area contributed by atoms with E-state index in [-0.39, 0.29) is 0 Å². The molecule has 1 unspecified atom stereocenters. The van der Waals surface area contributed by atoms with Gasteiger partial charge in [-0.05, 0) is 25.3 Å². The summed E-state index contributed by atoms with van der Waals surface area (Å²) in [6.45, 7) is 1.40. The van der Waals surface area contributed by atoms with Crippen LogP contribution >= 0.6 is 0 Å². The van der Waals surface area contributed by atoms with E-state index in [1.165, 1.54) is 6.26 Å². The number of rotatable bonds is 5. The average Bonchev–Trinajstić information content (AvgIpc) is 2.77. The van der Waals surface area contributed by atoms with Gasteiger partial charge in [-0.15, -0.1) is 0 Å². The zero-order chi connectivity index (χ0) is 13.0. The lowest BCUT2D eigenvalue weighted by Gasteiger charge is -2.24. The number of sulfonamides is 1. The van der Waals surface area contributed by atoms with Crippen molar-refractivity contribution in [2.75, 3.05) is 24.2 Å². The van der Waals surface area contributed by atoms with Crippen LogP contribution in [0.2, 0.25) is 0 Å². The minimum Gasteiger partial charge on any atom is -0.338 e. The van der Waals surface area contributed by atoms with Gasteiger partial charge in [-0.3, -0.25) is 0 Å². The lowest BCUT2D eigenvalue weighted by molar-refractivity contribution is 0.564. The van der Waals surface area contributed by atoms with E-state index in [2.05, 4.69) is 19.6 Å². The highest BCUT2D eigenvalue weighted by atomic mass is 32.2. The van der Waals surface area contributed by atoms with Crippen LogP contribution in [0.3, 0.4) is 0 Å². The molecule has 1 saturated heterocycles. The highest BCUT2D eigenvalue weighted by Gasteiger charge is 2.26. The van der Waals surface area contributed by atoms with Crippen LogP contribution in [0.25, 0.3) is 0 Å². The van der Waals surface area contributed by atoms with Crippen molar-refractivity contribution in [1.82, 2.24) is 14.7 Å². The van der Waals surface area contributed by atoms with Gasteiger partial charge in [-0.2, -0.15) is 0 Å². The largest absolute Gasteiger partial charge is 0.338 e. The van der Waals surface area contributed by atoms with Gasteiger partial charge in [0.15, 0.2) is 0 Å². The third kappa shape index (κ3) is 3.64. The van der Waals surface area contributed by atoms with E-state index in [0.29, 0.717) is 12.6 Å². The molecule has 1 aromatic rings. The molecule has 1 aromatic heterocycles. The molecule has 1 fully saturated rings. The van der Waals surface area contributed by atoms with Crippen LogP contribution in [0.5, 0.6) is 0 Å². The van der Waals surface area contributed by atoms with E-state index < -0.39 is 10.0 Å². The van der Waals surface area contributed by atoms with E-state index in [9.17, 15) is 8.42 Å². The topological polar surface area (TPSA) is 75.2 Å². The molecule has 1 atom stereocenters. The molecule has 1 aliphatic rings. The minimum atomic E-state index is -3.10. The minimum absolute atomic E-state index is 0.321. The van der Waals surface area contributed by atoms with Crippen LogP contribution in [0.1, 0.15) is 19.3 Å². The summed E-state index contributed by atoms with van der Waals surface area (Å²) in [4.78, 5) is 10.6. The number of hydrogen-bond donors (Lipinski definition) is 1. The van der Waals surface area contributed by atoms with Gasteiger partial charge in [0.1, 0.15) is 0 Å². The van der Waals surface area contributed by atoms with Crippen LogP contribution in [0.15, 0.2) is 18.5 Å². The van der Waals surface area contributed by atoms with Gasteiger partial charge < -0.3 is 4.90 Å². The first-order chi connectivity index (χ1) is 8.56. The molecule has 7 heteroatoms. The Bertz CT molecular complexity index is 477. The van der Waals surface area contributed by atoms with Crippen LogP contribution in [0, 0.1) is 0 Å². The summed E-state index contributed by atoms with van der Waals surface area (Å²) < 4.78 is 24.5. The Labute approximate surface area is 107 Å². The zero-order valence-corrected chi connectivity index (χ0v) is 11.2. The number of anilines is 1. The van der Waals surface area contributed by atoms with Crippen molar-refractivity contribution in [3.05, 3.63) is 18.5 Å². The van der Waals surface area contributed by atoms with Crippen molar-refractivity contribution in [2.24, 2.45) is 0 Å². The molecule has 6 nitrogen and oxygen atoms in total. The monoisotopic (exact) mass is 270 g/mol. The summed E-state index contributed by atoms with van der Waals surface area (Å²) in [6.07, 6.45) is 7.58. The Kier molecular flexibility index (Phi) is 4.13. The standard InChI is InChI=1S/C11H18N4O2S/c1-18(16,17)14-8-5-10-4-2-9-15(10)11-12-6-3-7-13-11/h3,6-7,10,14H,2,4-5,8-9H2,1H3. The van der Waals surface area contributed by atoms with Crippen LogP contribution in [-0.4, -0.2) is 43.8 Å². The Morgan fingerprint density at radius 1 is 1.44 bits per heavy atom. The second-order valence-electron chi connectivity index (χ2n) is 4.49. The van der Waals surface area contributed by atoms with Gasteiger partial charge in [-0.1, -0.05) is 0 Å². The van der Waals surface area contributed by atoms with Gasteiger partial charge in [0.05, 0.1) is 6.26 Å². The number of nitrogens with one attached hydrogen (secondary N) is 1. The molecule has 1 aliphatic heterocycles. The van der Waals surface area contributed by atoms with Crippen LogP contribution < -0.4 is 9.62 Å². The Balaban J connectivity index is 1.92. The van der Waals surface area contributed by atoms with Gasteiger partial charge in [0, 0.05) is 31.5 Å². The van der Waals surface area contributed by atoms with Gasteiger partial charge >= 0.3 is 0 Å². The fourth-order valence-corrected chi connectivity index (χ4v) is 2.74. The predicted octanol–water partition coefficient (Wildman–Crippen LogP) is 0.385. The first kappa shape index (κ1) is 13.2. The summed E-state index contributed by atoms with van der Waals surface area (Å²) in [7, 11) is -3.10.